The monoisotopic (exact) mass is 1310 g/mol. The third-order valence-electron chi connectivity index (χ3n) is 13.4. The number of carbonyl (C=O) groups is 11. The average Bonchev–Trinajstić information content (AvgIpc) is 1.04. The molecule has 522 valence electrons. The number of primary amides is 2. The van der Waals surface area contributed by atoms with E-state index in [4.69, 9.17) is 86.0 Å². The number of hydrogen-bond donors (Lipinski definition) is 24. The molecule has 0 saturated heterocycles. The smallest absolute Gasteiger partial charge is 0.326 e. The van der Waals surface area contributed by atoms with Crippen molar-refractivity contribution in [1.29, 1.82) is 0 Å². The van der Waals surface area contributed by atoms with Crippen LogP contribution in [0.15, 0.2) is 25.0 Å². The third-order valence-corrected chi connectivity index (χ3v) is 13.4. The summed E-state index contributed by atoms with van der Waals surface area (Å²) in [6, 6.07) is -13.2. The van der Waals surface area contributed by atoms with Gasteiger partial charge in [0, 0.05) is 45.6 Å². The minimum Gasteiger partial charge on any atom is -0.480 e. The van der Waals surface area contributed by atoms with E-state index in [1.165, 1.54) is 0 Å². The highest BCUT2D eigenvalue weighted by Gasteiger charge is 2.35. The number of carbonyl (C=O) groups excluding carboxylic acids is 10. The fourth-order valence-corrected chi connectivity index (χ4v) is 8.55. The number of aliphatic carboxylic acids is 1. The summed E-state index contributed by atoms with van der Waals surface area (Å²) in [4.78, 5) is 169. The first-order chi connectivity index (χ1) is 43.4. The van der Waals surface area contributed by atoms with Crippen molar-refractivity contribution in [3.05, 3.63) is 0 Å². The van der Waals surface area contributed by atoms with Crippen molar-refractivity contribution in [2.24, 2.45) is 111 Å². The molecule has 0 fully saturated rings. The van der Waals surface area contributed by atoms with E-state index in [2.05, 4.69) is 67.5 Å². The maximum atomic E-state index is 14.6. The van der Waals surface area contributed by atoms with Crippen molar-refractivity contribution < 1.29 is 57.8 Å². The van der Waals surface area contributed by atoms with Gasteiger partial charge in [-0.2, -0.15) is 0 Å². The van der Waals surface area contributed by atoms with Crippen molar-refractivity contribution in [2.75, 3.05) is 45.8 Å². The number of hydrogen-bond acceptors (Lipinski definition) is 19. The van der Waals surface area contributed by atoms with E-state index in [9.17, 15) is 57.8 Å². The second-order valence-electron chi connectivity index (χ2n) is 21.3. The van der Waals surface area contributed by atoms with Crippen LogP contribution in [0.4, 0.5) is 0 Å². The fraction of sp³-hybridized carbons (Fsp3) is 0.692. The first kappa shape index (κ1) is 82.4. The van der Waals surface area contributed by atoms with Crippen molar-refractivity contribution >= 4 is 94.8 Å². The van der Waals surface area contributed by atoms with Crippen LogP contribution >= 0.6 is 0 Å². The van der Waals surface area contributed by atoms with Crippen LogP contribution in [0, 0.1) is 0 Å². The number of carboxylic acid groups (broad SMARTS) is 1. The molecule has 92 heavy (non-hydrogen) atoms. The van der Waals surface area contributed by atoms with Gasteiger partial charge in [0.05, 0.1) is 6.04 Å². The van der Waals surface area contributed by atoms with Crippen molar-refractivity contribution in [3.8, 4) is 0 Å². The Morgan fingerprint density at radius 2 is 0.489 bits per heavy atom. The normalized spacial score (nSPS) is 13.7. The number of carboxylic acids is 1. The van der Waals surface area contributed by atoms with Gasteiger partial charge in [0.15, 0.2) is 29.8 Å². The molecule has 0 aliphatic rings. The summed E-state index contributed by atoms with van der Waals surface area (Å²) >= 11 is 0. The highest BCUT2D eigenvalue weighted by molar-refractivity contribution is 5.98. The molecular weight excluding hydrogens is 1210 g/mol. The summed E-state index contributed by atoms with van der Waals surface area (Å²) in [6.45, 7) is 0.486. The van der Waals surface area contributed by atoms with Crippen LogP contribution in [0.3, 0.4) is 0 Å². The van der Waals surface area contributed by atoms with Gasteiger partial charge in [-0.1, -0.05) is 0 Å². The van der Waals surface area contributed by atoms with Gasteiger partial charge in [0.2, 0.25) is 59.1 Å². The Labute approximate surface area is 533 Å². The number of guanidine groups is 5. The second-order valence-corrected chi connectivity index (χ2v) is 21.3. The van der Waals surface area contributed by atoms with Crippen molar-refractivity contribution in [1.82, 2.24) is 42.5 Å². The van der Waals surface area contributed by atoms with E-state index < -0.39 is 145 Å². The zero-order chi connectivity index (χ0) is 69.7. The van der Waals surface area contributed by atoms with Gasteiger partial charge in [-0.3, -0.25) is 72.9 Å². The van der Waals surface area contributed by atoms with Gasteiger partial charge >= 0.3 is 5.97 Å². The lowest BCUT2D eigenvalue weighted by Crippen LogP contribution is -2.60. The topological polar surface area (TPSA) is 756 Å². The number of nitrogens with one attached hydrogen (secondary N) is 8. The molecule has 9 atom stereocenters. The third kappa shape index (κ3) is 39.4. The Morgan fingerprint density at radius 3 is 0.717 bits per heavy atom. The van der Waals surface area contributed by atoms with E-state index in [1.807, 2.05) is 0 Å². The quantitative estimate of drug-likeness (QED) is 0.0153. The molecule has 0 saturated carbocycles. The van der Waals surface area contributed by atoms with Crippen LogP contribution in [-0.2, 0) is 52.7 Å². The van der Waals surface area contributed by atoms with E-state index in [0.717, 1.165) is 0 Å². The highest BCUT2D eigenvalue weighted by atomic mass is 16.4. The summed E-state index contributed by atoms with van der Waals surface area (Å²) < 4.78 is 0. The maximum absolute atomic E-state index is 14.6. The molecule has 0 spiro atoms. The van der Waals surface area contributed by atoms with Crippen LogP contribution in [0.25, 0.3) is 0 Å². The number of unbranched alkanes of at least 4 members (excludes halogenated alkanes) is 2. The Kier molecular flexibility index (Phi) is 42.4. The molecule has 40 heteroatoms. The number of nitrogens with two attached hydrogens (primary N) is 15. The van der Waals surface area contributed by atoms with E-state index in [-0.39, 0.29) is 146 Å². The summed E-state index contributed by atoms with van der Waals surface area (Å²) in [5.74, 6) is -12.1. The summed E-state index contributed by atoms with van der Waals surface area (Å²) in [5.41, 5.74) is 83.2. The van der Waals surface area contributed by atoms with Crippen LogP contribution < -0.4 is 129 Å². The standard InChI is InChI=1S/C52H102N28O12/c53-21-3-1-11-29(73-39(83)28(55)10-5-23-68-48(58)59)40(84)74-30(12-2-4-22-54)41(85)75-31(13-6-24-69-49(60)61)42(86)76-32(14-7-25-70-50(62)63)43(87)78-34(17-19-37(56)81)45(89)77-33(15-8-26-71-51(64)65)44(88)79-35(18-20-38(57)82)46(90)80-36(47(91)92)16-9-27-72-52(66)67/h28-36H,1-27,53-55H2,(H2,56,81)(H2,57,82)(H,73,83)(H,74,84)(H,75,85)(H,76,86)(H,77,89)(H,78,87)(H,79,88)(H,80,90)(H,91,92)(H4,58,59,68)(H4,60,61,69)(H4,62,63,70)(H4,64,65,71)(H4,66,67,72)/t28-,29+,30+,31+,32-,33+,34+,35+,36-/m1/s1. The first-order valence-corrected chi connectivity index (χ1v) is 30.1. The lowest BCUT2D eigenvalue weighted by Gasteiger charge is -2.28. The van der Waals surface area contributed by atoms with Crippen LogP contribution in [0.5, 0.6) is 0 Å². The van der Waals surface area contributed by atoms with Gasteiger partial charge in [-0.05, 0) is 129 Å². The van der Waals surface area contributed by atoms with E-state index >= 15 is 0 Å². The van der Waals surface area contributed by atoms with Gasteiger partial charge in [-0.25, -0.2) is 4.79 Å². The highest BCUT2D eigenvalue weighted by Crippen LogP contribution is 2.12. The van der Waals surface area contributed by atoms with Crippen molar-refractivity contribution in [2.45, 2.75) is 183 Å². The molecule has 0 aromatic carbocycles. The minimum absolute atomic E-state index is 0.00365. The van der Waals surface area contributed by atoms with E-state index in [1.54, 1.807) is 0 Å². The summed E-state index contributed by atoms with van der Waals surface area (Å²) in [6.07, 6.45) is -0.478. The largest absolute Gasteiger partial charge is 0.480 e. The molecule has 40 nitrogen and oxygen atoms in total. The predicted molar refractivity (Wildman–Crippen MR) is 343 cm³/mol. The van der Waals surface area contributed by atoms with Gasteiger partial charge in [0.25, 0.3) is 0 Å². The molecular formula is C52H102N28O12. The lowest BCUT2D eigenvalue weighted by atomic mass is 10.0. The lowest BCUT2D eigenvalue weighted by molar-refractivity contribution is -0.142. The molecule has 0 aliphatic heterocycles. The fourth-order valence-electron chi connectivity index (χ4n) is 8.55. The predicted octanol–water partition coefficient (Wildman–Crippen LogP) is -10.7. The molecule has 10 amide bonds. The minimum atomic E-state index is -1.71. The molecule has 0 unspecified atom stereocenters. The molecule has 0 aromatic rings. The molecule has 0 radical (unpaired) electrons. The van der Waals surface area contributed by atoms with Gasteiger partial charge in [0.1, 0.15) is 48.3 Å². The molecule has 0 rings (SSSR count). The van der Waals surface area contributed by atoms with Gasteiger partial charge < -0.3 is 134 Å². The number of aliphatic imine (C=N–C) groups is 5. The number of amides is 10. The molecule has 0 aromatic heterocycles. The number of rotatable bonds is 51. The van der Waals surface area contributed by atoms with Gasteiger partial charge in [-0.15, -0.1) is 0 Å². The Hall–Kier alpha value is -9.60. The SMILES string of the molecule is NCCCC[C@H](NC(=O)[C@H](N)CCCN=C(N)N)C(=O)N[C@@H](CCCCN)C(=O)N[C@@H](CCCN=C(N)N)C(=O)N[C@H](CCCN=C(N)N)C(=O)N[C@@H](CCC(N)=O)C(=O)N[C@@H](CCCN=C(N)N)C(=O)N[C@@H](CCC(N)=O)C(=O)N[C@H](CCCN=C(N)N)C(=O)O. The van der Waals surface area contributed by atoms with E-state index in [0.29, 0.717) is 32.1 Å². The second kappa shape index (κ2) is 47.4. The molecule has 39 N–H and O–H groups in total. The Morgan fingerprint density at radius 1 is 0.283 bits per heavy atom. The zero-order valence-electron chi connectivity index (χ0n) is 52.1. The molecule has 0 aliphatic carbocycles. The molecule has 0 heterocycles. The first-order valence-electron chi connectivity index (χ1n) is 30.1. The van der Waals surface area contributed by atoms with Crippen LogP contribution in [0.1, 0.15) is 128 Å². The summed E-state index contributed by atoms with van der Waals surface area (Å²) in [7, 11) is 0. The summed E-state index contributed by atoms with van der Waals surface area (Å²) in [5, 5.41) is 30.2. The van der Waals surface area contributed by atoms with Crippen molar-refractivity contribution in [3.63, 3.8) is 0 Å². The maximum Gasteiger partial charge on any atom is 0.326 e. The Bertz CT molecular complexity index is 2520. The Balaban J connectivity index is 7.40. The zero-order valence-corrected chi connectivity index (χ0v) is 52.1. The number of nitrogens with zero attached hydrogens (tertiary/aromatic N) is 5. The molecule has 0 bridgehead atoms. The average molecular weight is 1310 g/mol. The van der Waals surface area contributed by atoms with Crippen LogP contribution in [-0.4, -0.2) is 200 Å². The van der Waals surface area contributed by atoms with Crippen LogP contribution in [0.2, 0.25) is 0 Å².